The van der Waals surface area contributed by atoms with E-state index in [0.29, 0.717) is 7.16 Å². The van der Waals surface area contributed by atoms with E-state index in [0.717, 1.165) is 4.90 Å². The minimum Gasteiger partial charge on any atom is -0.277 e. The lowest BCUT2D eigenvalue weighted by Crippen LogP contribution is -2.25. The number of carbonyl (C=O) groups is 2. The predicted molar refractivity (Wildman–Crippen MR) is 52.8 cm³/mol. The summed E-state index contributed by atoms with van der Waals surface area (Å²) in [6.07, 6.45) is 0. The Bertz CT molecular complexity index is 222. The van der Waals surface area contributed by atoms with Crippen LogP contribution in [-0.2, 0) is 9.59 Å². The van der Waals surface area contributed by atoms with Crippen molar-refractivity contribution in [3.8, 4) is 0 Å². The van der Waals surface area contributed by atoms with Gasteiger partial charge in [0.2, 0.25) is 0 Å². The molecule has 0 fully saturated rings. The molecule has 0 radical (unpaired) electrons. The number of hydrogen-bond acceptors (Lipinski definition) is 2. The molecule has 0 aromatic heterocycles. The monoisotopic (exact) mass is 363 g/mol. The molecule has 0 aliphatic carbocycles. The maximum atomic E-state index is 11.0. The Morgan fingerprint density at radius 3 is 1.50 bits per heavy atom. The summed E-state index contributed by atoms with van der Waals surface area (Å²) in [5.74, 6) is -0.398. The molecule has 0 aromatic carbocycles. The van der Waals surface area contributed by atoms with Crippen LogP contribution in [0.4, 0.5) is 0 Å². The van der Waals surface area contributed by atoms with Crippen LogP contribution in [0.25, 0.3) is 0 Å². The summed E-state index contributed by atoms with van der Waals surface area (Å²) in [5.41, 5.74) is 0. The standard InChI is InChI=1S/C5H3I2NO2/c1-8-4(9)2(6)3(7)5(8)10/h1H3. The van der Waals surface area contributed by atoms with Crippen LogP contribution in [0.15, 0.2) is 7.16 Å². The summed E-state index contributed by atoms with van der Waals surface area (Å²) in [6, 6.07) is 0. The molecular formula is C5H3I2NO2. The van der Waals surface area contributed by atoms with E-state index in [1.54, 1.807) is 0 Å². The van der Waals surface area contributed by atoms with Crippen LogP contribution in [0.1, 0.15) is 0 Å². The van der Waals surface area contributed by atoms with E-state index in [4.69, 9.17) is 0 Å². The van der Waals surface area contributed by atoms with E-state index in [2.05, 4.69) is 0 Å². The molecule has 1 rings (SSSR count). The zero-order chi connectivity index (χ0) is 7.89. The van der Waals surface area contributed by atoms with Crippen molar-refractivity contribution in [2.75, 3.05) is 7.05 Å². The van der Waals surface area contributed by atoms with Crippen LogP contribution in [0.2, 0.25) is 0 Å². The topological polar surface area (TPSA) is 37.4 Å². The minimum absolute atomic E-state index is 0.199. The van der Waals surface area contributed by atoms with E-state index in [9.17, 15) is 9.59 Å². The average molecular weight is 363 g/mol. The summed E-state index contributed by atoms with van der Waals surface area (Å²) < 4.78 is 1.04. The number of likely N-dealkylation sites (N-methyl/N-ethyl adjacent to an activating group) is 1. The number of rotatable bonds is 0. The number of carbonyl (C=O) groups excluding carboxylic acids is 2. The van der Waals surface area contributed by atoms with Crippen molar-refractivity contribution in [3.63, 3.8) is 0 Å². The van der Waals surface area contributed by atoms with Gasteiger partial charge in [-0.15, -0.1) is 0 Å². The van der Waals surface area contributed by atoms with Crippen molar-refractivity contribution in [2.24, 2.45) is 0 Å². The highest BCUT2D eigenvalue weighted by atomic mass is 127. The fraction of sp³-hybridized carbons (Fsp3) is 0.200. The number of imide groups is 1. The Balaban J connectivity index is 3.11. The first-order valence-electron chi connectivity index (χ1n) is 2.43. The zero-order valence-corrected chi connectivity index (χ0v) is 9.33. The highest BCUT2D eigenvalue weighted by molar-refractivity contribution is 14.1. The lowest BCUT2D eigenvalue weighted by Gasteiger charge is -2.03. The molecule has 10 heavy (non-hydrogen) atoms. The quantitative estimate of drug-likeness (QED) is 0.477. The van der Waals surface area contributed by atoms with Crippen molar-refractivity contribution in [3.05, 3.63) is 7.16 Å². The van der Waals surface area contributed by atoms with Crippen molar-refractivity contribution < 1.29 is 9.59 Å². The van der Waals surface area contributed by atoms with Gasteiger partial charge in [0.25, 0.3) is 11.8 Å². The second kappa shape index (κ2) is 2.76. The SMILES string of the molecule is CN1C(=O)C(I)=C(I)C1=O. The van der Waals surface area contributed by atoms with Crippen molar-refractivity contribution in [1.29, 1.82) is 0 Å². The van der Waals surface area contributed by atoms with Crippen LogP contribution < -0.4 is 0 Å². The molecule has 1 aliphatic rings. The predicted octanol–water partition coefficient (Wildman–Crippen LogP) is 1.07. The number of nitrogens with zero attached hydrogens (tertiary/aromatic N) is 1. The van der Waals surface area contributed by atoms with Crippen molar-refractivity contribution in [1.82, 2.24) is 4.90 Å². The average Bonchev–Trinajstić information content (AvgIpc) is 2.07. The summed E-state index contributed by atoms with van der Waals surface area (Å²) in [5, 5.41) is 0. The van der Waals surface area contributed by atoms with Crippen molar-refractivity contribution in [2.45, 2.75) is 0 Å². The van der Waals surface area contributed by atoms with Gasteiger partial charge in [-0.05, 0) is 45.2 Å². The molecule has 0 spiro atoms. The summed E-state index contributed by atoms with van der Waals surface area (Å²) in [6.45, 7) is 0. The lowest BCUT2D eigenvalue weighted by atomic mass is 10.6. The molecule has 0 saturated carbocycles. The number of halogens is 2. The molecule has 5 heteroatoms. The summed E-state index contributed by atoms with van der Waals surface area (Å²) >= 11 is 3.75. The summed E-state index contributed by atoms with van der Waals surface area (Å²) in [4.78, 5) is 23.0. The Kier molecular flexibility index (Phi) is 2.33. The van der Waals surface area contributed by atoms with Gasteiger partial charge in [0.15, 0.2) is 0 Å². The Morgan fingerprint density at radius 2 is 1.40 bits per heavy atom. The van der Waals surface area contributed by atoms with Gasteiger partial charge in [0.1, 0.15) is 0 Å². The van der Waals surface area contributed by atoms with Gasteiger partial charge in [0, 0.05) is 7.05 Å². The molecule has 1 aliphatic heterocycles. The maximum absolute atomic E-state index is 11.0. The third-order valence-corrected chi connectivity index (χ3v) is 4.21. The van der Waals surface area contributed by atoms with Gasteiger partial charge in [-0.3, -0.25) is 14.5 Å². The second-order valence-corrected chi connectivity index (χ2v) is 3.95. The van der Waals surface area contributed by atoms with Crippen LogP contribution >= 0.6 is 45.2 Å². The molecule has 2 amide bonds. The van der Waals surface area contributed by atoms with Gasteiger partial charge in [0.05, 0.1) is 7.16 Å². The van der Waals surface area contributed by atoms with Crippen LogP contribution in [0.5, 0.6) is 0 Å². The first-order valence-corrected chi connectivity index (χ1v) is 4.59. The molecular weight excluding hydrogens is 360 g/mol. The van der Waals surface area contributed by atoms with Crippen LogP contribution in [0, 0.1) is 0 Å². The molecule has 0 atom stereocenters. The highest BCUT2D eigenvalue weighted by Crippen LogP contribution is 2.28. The van der Waals surface area contributed by atoms with E-state index in [1.165, 1.54) is 7.05 Å². The first kappa shape index (κ1) is 8.44. The Morgan fingerprint density at radius 1 is 1.10 bits per heavy atom. The normalized spacial score (nSPS) is 19.3. The molecule has 0 bridgehead atoms. The van der Waals surface area contributed by atoms with Gasteiger partial charge in [-0.1, -0.05) is 0 Å². The number of hydrogen-bond donors (Lipinski definition) is 0. The lowest BCUT2D eigenvalue weighted by molar-refractivity contribution is -0.135. The van der Waals surface area contributed by atoms with Gasteiger partial charge >= 0.3 is 0 Å². The molecule has 0 N–H and O–H groups in total. The molecule has 1 heterocycles. The summed E-state index contributed by atoms with van der Waals surface area (Å²) in [7, 11) is 1.48. The molecule has 0 saturated heterocycles. The Hall–Kier alpha value is 0.340. The van der Waals surface area contributed by atoms with Gasteiger partial charge in [-0.25, -0.2) is 0 Å². The third-order valence-electron chi connectivity index (χ3n) is 1.18. The highest BCUT2D eigenvalue weighted by Gasteiger charge is 2.32. The fourth-order valence-corrected chi connectivity index (χ4v) is 1.76. The first-order chi connectivity index (χ1) is 4.55. The molecule has 0 unspecified atom stereocenters. The molecule has 54 valence electrons. The second-order valence-electron chi connectivity index (χ2n) is 1.80. The van der Waals surface area contributed by atoms with Crippen molar-refractivity contribution >= 4 is 57.0 Å². The zero-order valence-electron chi connectivity index (χ0n) is 5.02. The van der Waals surface area contributed by atoms with Crippen LogP contribution in [-0.4, -0.2) is 23.8 Å². The van der Waals surface area contributed by atoms with E-state index >= 15 is 0 Å². The Labute approximate surface area is 85.1 Å². The van der Waals surface area contributed by atoms with E-state index in [1.807, 2.05) is 45.2 Å². The van der Waals surface area contributed by atoms with E-state index < -0.39 is 0 Å². The smallest absolute Gasteiger partial charge is 0.267 e. The third kappa shape index (κ3) is 1.09. The minimum atomic E-state index is -0.199. The molecule has 0 aromatic rings. The van der Waals surface area contributed by atoms with Gasteiger partial charge < -0.3 is 0 Å². The van der Waals surface area contributed by atoms with E-state index in [-0.39, 0.29) is 11.8 Å². The largest absolute Gasteiger partial charge is 0.277 e. The number of amides is 2. The fourth-order valence-electron chi connectivity index (χ4n) is 0.574. The maximum Gasteiger partial charge on any atom is 0.267 e. The van der Waals surface area contributed by atoms with Crippen LogP contribution in [0.3, 0.4) is 0 Å². The van der Waals surface area contributed by atoms with Gasteiger partial charge in [-0.2, -0.15) is 0 Å². The molecule has 3 nitrogen and oxygen atoms in total.